The minimum Gasteiger partial charge on any atom is -0.339 e. The highest BCUT2D eigenvalue weighted by molar-refractivity contribution is 7.92. The molecule has 1 aliphatic heterocycles. The molecule has 1 aliphatic rings. The average Bonchev–Trinajstić information content (AvgIpc) is 2.89. The molecule has 8 heteroatoms. The fraction of sp³-hybridized carbons (Fsp3) is 0.222. The van der Waals surface area contributed by atoms with Crippen molar-refractivity contribution in [2.45, 2.75) is 30.6 Å². The van der Waals surface area contributed by atoms with E-state index in [-0.39, 0.29) is 10.8 Å². The first-order valence-electron chi connectivity index (χ1n) is 11.2. The van der Waals surface area contributed by atoms with Crippen molar-refractivity contribution in [3.63, 3.8) is 0 Å². The summed E-state index contributed by atoms with van der Waals surface area (Å²) in [7, 11) is -3.87. The number of nitrogens with one attached hydrogen (secondary N) is 1. The van der Waals surface area contributed by atoms with E-state index in [1.807, 2.05) is 37.3 Å². The van der Waals surface area contributed by atoms with E-state index in [2.05, 4.69) is 10.8 Å². The number of carbonyl (C=O) groups excluding carboxylic acids is 1. The van der Waals surface area contributed by atoms with Crippen LogP contribution >= 0.6 is 0 Å². The minimum absolute atomic E-state index is 0.0369. The van der Waals surface area contributed by atoms with E-state index in [9.17, 15) is 13.2 Å². The monoisotopic (exact) mass is 484 g/mol. The predicted octanol–water partition coefficient (Wildman–Crippen LogP) is 4.56. The first-order valence-corrected chi connectivity index (χ1v) is 12.7. The normalized spacial score (nSPS) is 14.1. The highest BCUT2D eigenvalue weighted by Crippen LogP contribution is 2.30. The van der Waals surface area contributed by atoms with Crippen LogP contribution in [0.2, 0.25) is 0 Å². The summed E-state index contributed by atoms with van der Waals surface area (Å²) in [4.78, 5) is 15.1. The summed E-state index contributed by atoms with van der Waals surface area (Å²) in [5.74, 6) is 0.207. The molecule has 1 amide bonds. The van der Waals surface area contributed by atoms with Crippen molar-refractivity contribution in [1.29, 1.82) is 10.5 Å². The molecular weight excluding hydrogens is 460 g/mol. The van der Waals surface area contributed by atoms with Crippen molar-refractivity contribution >= 4 is 21.6 Å². The van der Waals surface area contributed by atoms with Gasteiger partial charge in [0, 0.05) is 24.3 Å². The van der Waals surface area contributed by atoms with Crippen molar-refractivity contribution in [3.8, 4) is 12.1 Å². The lowest BCUT2D eigenvalue weighted by Crippen LogP contribution is -2.38. The molecule has 7 nitrogen and oxygen atoms in total. The first-order chi connectivity index (χ1) is 16.8. The molecule has 1 saturated heterocycles. The number of amides is 1. The Balaban J connectivity index is 1.46. The molecule has 0 aliphatic carbocycles. The number of nitriles is 2. The lowest BCUT2D eigenvalue weighted by Gasteiger charge is -2.32. The van der Waals surface area contributed by atoms with Gasteiger partial charge in [-0.3, -0.25) is 9.52 Å². The standard InChI is InChI=1S/C27H24N4O3S/c1-19-2-9-24(30-35(33,34)25-10-5-21(18-29)6-11-25)16-26(19)27(32)31-14-12-23(13-15-31)22-7-3-20(17-28)4-8-22/h2-11,16,23,30H,12-15H2,1H3. The lowest BCUT2D eigenvalue weighted by atomic mass is 9.88. The first kappa shape index (κ1) is 24.0. The van der Waals surface area contributed by atoms with E-state index in [0.717, 1.165) is 18.4 Å². The maximum atomic E-state index is 13.3. The Morgan fingerprint density at radius 3 is 2.06 bits per heavy atom. The van der Waals surface area contributed by atoms with Gasteiger partial charge in [-0.15, -0.1) is 0 Å². The Kier molecular flexibility index (Phi) is 6.86. The number of aryl methyl sites for hydroxylation is 1. The van der Waals surface area contributed by atoms with Crippen LogP contribution in [0, 0.1) is 29.6 Å². The van der Waals surface area contributed by atoms with Crippen LogP contribution in [-0.2, 0) is 10.0 Å². The Labute approximate surface area is 205 Å². The van der Waals surface area contributed by atoms with E-state index in [4.69, 9.17) is 10.5 Å². The third-order valence-corrected chi connectivity index (χ3v) is 7.70. The Bertz CT molecular complexity index is 1430. The SMILES string of the molecule is Cc1ccc(NS(=O)(=O)c2ccc(C#N)cc2)cc1C(=O)N1CCC(c2ccc(C#N)cc2)CC1. The van der Waals surface area contributed by atoms with Crippen LogP contribution in [0.15, 0.2) is 71.6 Å². The maximum absolute atomic E-state index is 13.3. The van der Waals surface area contributed by atoms with Crippen molar-refractivity contribution in [2.75, 3.05) is 17.8 Å². The number of likely N-dealkylation sites (tertiary alicyclic amines) is 1. The van der Waals surface area contributed by atoms with Crippen LogP contribution in [0.4, 0.5) is 5.69 Å². The van der Waals surface area contributed by atoms with E-state index in [1.54, 1.807) is 23.1 Å². The smallest absolute Gasteiger partial charge is 0.261 e. The second-order valence-corrected chi connectivity index (χ2v) is 10.3. The zero-order valence-electron chi connectivity index (χ0n) is 19.2. The third-order valence-electron chi connectivity index (χ3n) is 6.31. The molecule has 3 aromatic rings. The second kappa shape index (κ2) is 10.0. The highest BCUT2D eigenvalue weighted by Gasteiger charge is 2.26. The number of hydrogen-bond donors (Lipinski definition) is 1. The number of piperidine rings is 1. The number of nitrogens with zero attached hydrogens (tertiary/aromatic N) is 3. The summed E-state index contributed by atoms with van der Waals surface area (Å²) < 4.78 is 28.1. The van der Waals surface area contributed by atoms with Crippen LogP contribution in [0.1, 0.15) is 51.4 Å². The van der Waals surface area contributed by atoms with Gasteiger partial charge in [-0.1, -0.05) is 18.2 Å². The molecule has 3 aromatic carbocycles. The van der Waals surface area contributed by atoms with Gasteiger partial charge in [0.05, 0.1) is 28.2 Å². The molecule has 0 radical (unpaired) electrons. The minimum atomic E-state index is -3.87. The average molecular weight is 485 g/mol. The molecule has 0 atom stereocenters. The Morgan fingerprint density at radius 2 is 1.49 bits per heavy atom. The van der Waals surface area contributed by atoms with Gasteiger partial charge in [0.2, 0.25) is 0 Å². The Hall–Kier alpha value is -4.14. The summed E-state index contributed by atoms with van der Waals surface area (Å²) in [5.41, 5.74) is 3.70. The number of carbonyl (C=O) groups is 1. The van der Waals surface area contributed by atoms with Crippen molar-refractivity contribution in [3.05, 3.63) is 94.5 Å². The summed E-state index contributed by atoms with van der Waals surface area (Å²) in [6.45, 7) is 3.03. The quantitative estimate of drug-likeness (QED) is 0.570. The van der Waals surface area contributed by atoms with E-state index in [1.165, 1.54) is 29.8 Å². The predicted molar refractivity (Wildman–Crippen MR) is 132 cm³/mol. The van der Waals surface area contributed by atoms with Crippen LogP contribution in [0.3, 0.4) is 0 Å². The van der Waals surface area contributed by atoms with Gasteiger partial charge in [-0.25, -0.2) is 8.42 Å². The maximum Gasteiger partial charge on any atom is 0.261 e. The summed E-state index contributed by atoms with van der Waals surface area (Å²) in [5, 5.41) is 17.9. The van der Waals surface area contributed by atoms with Crippen molar-refractivity contribution < 1.29 is 13.2 Å². The molecule has 35 heavy (non-hydrogen) atoms. The molecule has 0 unspecified atom stereocenters. The van der Waals surface area contributed by atoms with Gasteiger partial charge < -0.3 is 4.90 Å². The zero-order chi connectivity index (χ0) is 25.0. The fourth-order valence-corrected chi connectivity index (χ4v) is 5.30. The summed E-state index contributed by atoms with van der Waals surface area (Å²) in [6, 6.07) is 22.3. The lowest BCUT2D eigenvalue weighted by molar-refractivity contribution is 0.0712. The fourth-order valence-electron chi connectivity index (χ4n) is 4.25. The van der Waals surface area contributed by atoms with Gasteiger partial charge in [0.1, 0.15) is 0 Å². The van der Waals surface area contributed by atoms with Crippen molar-refractivity contribution in [2.24, 2.45) is 0 Å². The molecule has 176 valence electrons. The number of sulfonamides is 1. The van der Waals surface area contributed by atoms with Gasteiger partial charge in [0.25, 0.3) is 15.9 Å². The number of rotatable bonds is 5. The number of hydrogen-bond acceptors (Lipinski definition) is 5. The molecule has 1 heterocycles. The topological polar surface area (TPSA) is 114 Å². The molecule has 1 N–H and O–H groups in total. The number of benzene rings is 3. The summed E-state index contributed by atoms with van der Waals surface area (Å²) in [6.07, 6.45) is 1.64. The largest absolute Gasteiger partial charge is 0.339 e. The third kappa shape index (κ3) is 5.34. The number of anilines is 1. The highest BCUT2D eigenvalue weighted by atomic mass is 32.2. The molecule has 0 bridgehead atoms. The second-order valence-electron chi connectivity index (χ2n) is 8.57. The van der Waals surface area contributed by atoms with Crippen LogP contribution in [0.25, 0.3) is 0 Å². The van der Waals surface area contributed by atoms with Gasteiger partial charge in [-0.2, -0.15) is 10.5 Å². The molecule has 1 fully saturated rings. The van der Waals surface area contributed by atoms with Gasteiger partial charge in [-0.05, 0) is 85.3 Å². The van der Waals surface area contributed by atoms with Crippen LogP contribution in [-0.4, -0.2) is 32.3 Å². The van der Waals surface area contributed by atoms with E-state index in [0.29, 0.717) is 41.4 Å². The van der Waals surface area contributed by atoms with Crippen LogP contribution in [0.5, 0.6) is 0 Å². The Morgan fingerprint density at radius 1 is 0.914 bits per heavy atom. The zero-order valence-corrected chi connectivity index (χ0v) is 20.0. The van der Waals surface area contributed by atoms with E-state index < -0.39 is 10.0 Å². The molecule has 0 aromatic heterocycles. The van der Waals surface area contributed by atoms with Gasteiger partial charge in [0.15, 0.2) is 0 Å². The molecule has 0 saturated carbocycles. The van der Waals surface area contributed by atoms with Crippen LogP contribution < -0.4 is 4.72 Å². The van der Waals surface area contributed by atoms with Crippen molar-refractivity contribution in [1.82, 2.24) is 4.90 Å². The molecule has 4 rings (SSSR count). The summed E-state index contributed by atoms with van der Waals surface area (Å²) >= 11 is 0. The van der Waals surface area contributed by atoms with Gasteiger partial charge >= 0.3 is 0 Å². The molecule has 0 spiro atoms. The molecular formula is C27H24N4O3S. The van der Waals surface area contributed by atoms with E-state index >= 15 is 0 Å².